The SMILES string of the molecule is C=CCCC(CC(C)(C)C)C(=O)NC(C)(C)CC. The summed E-state index contributed by atoms with van der Waals surface area (Å²) in [5.74, 6) is 0.285. The van der Waals surface area contributed by atoms with E-state index in [2.05, 4.69) is 53.4 Å². The van der Waals surface area contributed by atoms with Crippen molar-refractivity contribution in [2.45, 2.75) is 72.8 Å². The van der Waals surface area contributed by atoms with Crippen molar-refractivity contribution in [2.24, 2.45) is 11.3 Å². The van der Waals surface area contributed by atoms with Crippen molar-refractivity contribution < 1.29 is 4.79 Å². The molecule has 0 saturated heterocycles. The van der Waals surface area contributed by atoms with Gasteiger partial charge in [0.05, 0.1) is 0 Å². The van der Waals surface area contributed by atoms with E-state index in [1.165, 1.54) is 0 Å². The van der Waals surface area contributed by atoms with Gasteiger partial charge in [0.15, 0.2) is 0 Å². The summed E-state index contributed by atoms with van der Waals surface area (Å²) >= 11 is 0. The zero-order valence-electron chi connectivity index (χ0n) is 13.1. The van der Waals surface area contributed by atoms with E-state index in [0.717, 1.165) is 25.7 Å². The van der Waals surface area contributed by atoms with Crippen molar-refractivity contribution in [3.63, 3.8) is 0 Å². The van der Waals surface area contributed by atoms with Gasteiger partial charge in [-0.1, -0.05) is 33.8 Å². The molecule has 0 rings (SSSR count). The van der Waals surface area contributed by atoms with E-state index in [1.54, 1.807) is 0 Å². The molecule has 0 aromatic carbocycles. The highest BCUT2D eigenvalue weighted by Crippen LogP contribution is 2.28. The third-order valence-electron chi connectivity index (χ3n) is 3.29. The number of amides is 1. The lowest BCUT2D eigenvalue weighted by atomic mass is 9.82. The molecule has 106 valence electrons. The molecule has 1 unspecified atom stereocenters. The highest BCUT2D eigenvalue weighted by atomic mass is 16.2. The zero-order valence-corrected chi connectivity index (χ0v) is 13.1. The molecule has 0 aromatic heterocycles. The highest BCUT2D eigenvalue weighted by molar-refractivity contribution is 5.79. The molecule has 0 fully saturated rings. The average molecular weight is 253 g/mol. The van der Waals surface area contributed by atoms with Gasteiger partial charge in [0.1, 0.15) is 0 Å². The third-order valence-corrected chi connectivity index (χ3v) is 3.29. The van der Waals surface area contributed by atoms with Crippen LogP contribution in [0.4, 0.5) is 0 Å². The minimum absolute atomic E-state index is 0.0915. The summed E-state index contributed by atoms with van der Waals surface area (Å²) < 4.78 is 0. The second-order valence-electron chi connectivity index (χ2n) is 7.05. The smallest absolute Gasteiger partial charge is 0.223 e. The summed E-state index contributed by atoms with van der Waals surface area (Å²) in [6.45, 7) is 16.6. The van der Waals surface area contributed by atoms with E-state index in [0.29, 0.717) is 0 Å². The first-order chi connectivity index (χ1) is 8.11. The molecule has 0 aromatic rings. The fourth-order valence-electron chi connectivity index (χ4n) is 1.91. The molecular formula is C16H31NO. The Hall–Kier alpha value is -0.790. The predicted molar refractivity (Wildman–Crippen MR) is 79.5 cm³/mol. The van der Waals surface area contributed by atoms with Gasteiger partial charge in [-0.15, -0.1) is 6.58 Å². The molecule has 1 amide bonds. The third kappa shape index (κ3) is 7.52. The molecule has 0 aliphatic heterocycles. The Morgan fingerprint density at radius 1 is 1.28 bits per heavy atom. The number of hydrogen-bond donors (Lipinski definition) is 1. The number of carbonyl (C=O) groups excluding carboxylic acids is 1. The van der Waals surface area contributed by atoms with Gasteiger partial charge in [-0.05, 0) is 44.9 Å². The Bertz CT molecular complexity index is 273. The molecule has 0 aliphatic carbocycles. The van der Waals surface area contributed by atoms with Gasteiger partial charge in [0, 0.05) is 11.5 Å². The maximum absolute atomic E-state index is 12.4. The Kier molecular flexibility index (Phi) is 6.66. The first-order valence-corrected chi connectivity index (χ1v) is 7.04. The molecule has 1 atom stereocenters. The molecular weight excluding hydrogens is 222 g/mol. The van der Waals surface area contributed by atoms with E-state index in [4.69, 9.17) is 0 Å². The van der Waals surface area contributed by atoms with Crippen LogP contribution in [0, 0.1) is 11.3 Å². The summed E-state index contributed by atoms with van der Waals surface area (Å²) in [6.07, 6.45) is 5.57. The zero-order chi connectivity index (χ0) is 14.4. The fraction of sp³-hybridized carbons (Fsp3) is 0.812. The number of hydrogen-bond acceptors (Lipinski definition) is 1. The van der Waals surface area contributed by atoms with E-state index in [1.807, 2.05) is 6.08 Å². The van der Waals surface area contributed by atoms with Crippen LogP contribution in [0.1, 0.15) is 67.2 Å². The van der Waals surface area contributed by atoms with E-state index >= 15 is 0 Å². The maximum Gasteiger partial charge on any atom is 0.223 e. The van der Waals surface area contributed by atoms with Crippen molar-refractivity contribution in [3.8, 4) is 0 Å². The van der Waals surface area contributed by atoms with Gasteiger partial charge in [0.2, 0.25) is 5.91 Å². The van der Waals surface area contributed by atoms with Gasteiger partial charge >= 0.3 is 0 Å². The number of carbonyl (C=O) groups is 1. The quantitative estimate of drug-likeness (QED) is 0.673. The van der Waals surface area contributed by atoms with Crippen LogP contribution in [0.25, 0.3) is 0 Å². The summed E-state index contributed by atoms with van der Waals surface area (Å²) in [7, 11) is 0. The number of rotatable bonds is 7. The summed E-state index contributed by atoms with van der Waals surface area (Å²) in [5.41, 5.74) is 0.0704. The summed E-state index contributed by atoms with van der Waals surface area (Å²) in [4.78, 5) is 12.4. The van der Waals surface area contributed by atoms with Crippen molar-refractivity contribution in [2.75, 3.05) is 0 Å². The molecule has 0 spiro atoms. The van der Waals surface area contributed by atoms with E-state index in [9.17, 15) is 4.79 Å². The van der Waals surface area contributed by atoms with Crippen LogP contribution in [0.5, 0.6) is 0 Å². The topological polar surface area (TPSA) is 29.1 Å². The molecule has 0 bridgehead atoms. The second-order valence-corrected chi connectivity index (χ2v) is 7.05. The molecule has 0 radical (unpaired) electrons. The molecule has 0 heterocycles. The number of nitrogens with one attached hydrogen (secondary N) is 1. The molecule has 18 heavy (non-hydrogen) atoms. The molecule has 2 heteroatoms. The molecule has 0 saturated carbocycles. The van der Waals surface area contributed by atoms with Crippen molar-refractivity contribution in [3.05, 3.63) is 12.7 Å². The van der Waals surface area contributed by atoms with Gasteiger partial charge in [0.25, 0.3) is 0 Å². The largest absolute Gasteiger partial charge is 0.351 e. The van der Waals surface area contributed by atoms with E-state index < -0.39 is 0 Å². The second kappa shape index (κ2) is 6.96. The van der Waals surface area contributed by atoms with Crippen LogP contribution in [0.15, 0.2) is 12.7 Å². The first-order valence-electron chi connectivity index (χ1n) is 7.04. The van der Waals surface area contributed by atoms with Gasteiger partial charge in [-0.25, -0.2) is 0 Å². The molecule has 0 aliphatic rings. The first kappa shape index (κ1) is 17.2. The Balaban J connectivity index is 4.64. The van der Waals surface area contributed by atoms with E-state index in [-0.39, 0.29) is 22.8 Å². The normalized spacial score (nSPS) is 14.1. The standard InChI is InChI=1S/C16H31NO/c1-8-10-11-13(12-15(3,4)5)14(18)17-16(6,7)9-2/h8,13H,1,9-12H2,2-7H3,(H,17,18). The highest BCUT2D eigenvalue weighted by Gasteiger charge is 2.27. The lowest BCUT2D eigenvalue weighted by Crippen LogP contribution is -2.46. The predicted octanol–water partition coefficient (Wildman–Crippen LogP) is 4.31. The monoisotopic (exact) mass is 253 g/mol. The summed E-state index contributed by atoms with van der Waals surface area (Å²) in [6, 6.07) is 0. The Labute approximate surface area is 113 Å². The molecule has 2 nitrogen and oxygen atoms in total. The van der Waals surface area contributed by atoms with Gasteiger partial charge < -0.3 is 5.32 Å². The lowest BCUT2D eigenvalue weighted by molar-refractivity contribution is -0.127. The van der Waals surface area contributed by atoms with Crippen LogP contribution < -0.4 is 5.32 Å². The average Bonchev–Trinajstić information content (AvgIpc) is 2.22. The Morgan fingerprint density at radius 3 is 2.22 bits per heavy atom. The van der Waals surface area contributed by atoms with Gasteiger partial charge in [-0.2, -0.15) is 0 Å². The van der Waals surface area contributed by atoms with Crippen LogP contribution in [0.3, 0.4) is 0 Å². The minimum Gasteiger partial charge on any atom is -0.351 e. The molecule has 1 N–H and O–H groups in total. The Morgan fingerprint density at radius 2 is 1.83 bits per heavy atom. The van der Waals surface area contributed by atoms with Crippen LogP contribution in [-0.2, 0) is 4.79 Å². The lowest BCUT2D eigenvalue weighted by Gasteiger charge is -2.30. The fourth-order valence-corrected chi connectivity index (χ4v) is 1.91. The van der Waals surface area contributed by atoms with Gasteiger partial charge in [-0.3, -0.25) is 4.79 Å². The van der Waals surface area contributed by atoms with Crippen molar-refractivity contribution >= 4 is 5.91 Å². The van der Waals surface area contributed by atoms with Crippen LogP contribution >= 0.6 is 0 Å². The van der Waals surface area contributed by atoms with Crippen LogP contribution in [0.2, 0.25) is 0 Å². The summed E-state index contributed by atoms with van der Waals surface area (Å²) in [5, 5.41) is 3.16. The maximum atomic E-state index is 12.4. The van der Waals surface area contributed by atoms with Crippen molar-refractivity contribution in [1.29, 1.82) is 0 Å². The van der Waals surface area contributed by atoms with Crippen molar-refractivity contribution in [1.82, 2.24) is 5.32 Å². The van der Waals surface area contributed by atoms with Crippen LogP contribution in [-0.4, -0.2) is 11.4 Å². The minimum atomic E-state index is -0.110. The number of allylic oxidation sites excluding steroid dienone is 1.